The summed E-state index contributed by atoms with van der Waals surface area (Å²) < 4.78 is 7.64. The van der Waals surface area contributed by atoms with E-state index in [2.05, 4.69) is 46.3 Å². The van der Waals surface area contributed by atoms with Crippen molar-refractivity contribution in [3.8, 4) is 5.75 Å². The third-order valence-electron chi connectivity index (χ3n) is 4.56. The fraction of sp³-hybridized carbons (Fsp3) is 0.316. The number of hydrogen-bond acceptors (Lipinski definition) is 2. The summed E-state index contributed by atoms with van der Waals surface area (Å²) in [5.74, 6) is 1.31. The molecule has 4 rings (SSSR count). The predicted molar refractivity (Wildman–Crippen MR) is 91.7 cm³/mol. The largest absolute Gasteiger partial charge is 0.497 e. The number of para-hydroxylation sites is 1. The highest BCUT2D eigenvalue weighted by Crippen LogP contribution is 2.31. The van der Waals surface area contributed by atoms with Crippen molar-refractivity contribution < 1.29 is 9.53 Å². The molecule has 2 aromatic carbocycles. The number of nitrogens with one attached hydrogen (secondary N) is 1. The zero-order valence-electron chi connectivity index (χ0n) is 13.2. The second-order valence-corrected chi connectivity index (χ2v) is 6.12. The molecule has 1 aromatic heterocycles. The van der Waals surface area contributed by atoms with Gasteiger partial charge in [-0.2, -0.15) is 0 Å². The summed E-state index contributed by atoms with van der Waals surface area (Å²) in [6.07, 6.45) is 2.08. The van der Waals surface area contributed by atoms with Crippen LogP contribution in [0, 0.1) is 5.92 Å². The number of rotatable bonds is 5. The molecule has 0 saturated heterocycles. The minimum atomic E-state index is 0.198. The minimum absolute atomic E-state index is 0.198. The molecule has 1 aliphatic rings. The van der Waals surface area contributed by atoms with Crippen molar-refractivity contribution >= 4 is 27.7 Å². The number of nitrogens with zero attached hydrogens (tertiary/aromatic N) is 1. The first-order valence-electron chi connectivity index (χ1n) is 8.10. The van der Waals surface area contributed by atoms with Crippen molar-refractivity contribution in [2.45, 2.75) is 19.4 Å². The molecule has 0 unspecified atom stereocenters. The van der Waals surface area contributed by atoms with Crippen molar-refractivity contribution in [2.24, 2.45) is 5.92 Å². The van der Waals surface area contributed by atoms with Gasteiger partial charge < -0.3 is 14.6 Å². The highest BCUT2D eigenvalue weighted by atomic mass is 16.5. The Bertz CT molecular complexity index is 878. The predicted octanol–water partition coefficient (Wildman–Crippen LogP) is 3.33. The molecule has 0 spiro atoms. The maximum atomic E-state index is 11.8. The molecule has 0 bridgehead atoms. The lowest BCUT2D eigenvalue weighted by molar-refractivity contribution is -0.122. The van der Waals surface area contributed by atoms with Crippen LogP contribution in [-0.4, -0.2) is 24.1 Å². The van der Waals surface area contributed by atoms with Crippen LogP contribution in [0.25, 0.3) is 21.8 Å². The molecule has 1 amide bonds. The minimum Gasteiger partial charge on any atom is -0.497 e. The van der Waals surface area contributed by atoms with Gasteiger partial charge in [0.1, 0.15) is 5.75 Å². The van der Waals surface area contributed by atoms with Gasteiger partial charge in [-0.1, -0.05) is 18.2 Å². The van der Waals surface area contributed by atoms with Crippen LogP contribution in [0.1, 0.15) is 12.8 Å². The topological polar surface area (TPSA) is 43.3 Å². The van der Waals surface area contributed by atoms with Crippen LogP contribution in [0.5, 0.6) is 5.75 Å². The first-order valence-corrected chi connectivity index (χ1v) is 8.10. The molecule has 1 saturated carbocycles. The van der Waals surface area contributed by atoms with Crippen LogP contribution in [0.3, 0.4) is 0 Å². The van der Waals surface area contributed by atoms with Crippen LogP contribution in [0.15, 0.2) is 42.5 Å². The third kappa shape index (κ3) is 2.54. The van der Waals surface area contributed by atoms with E-state index in [0.717, 1.165) is 30.7 Å². The summed E-state index contributed by atoms with van der Waals surface area (Å²) in [6.45, 7) is 1.41. The number of benzene rings is 2. The van der Waals surface area contributed by atoms with Crippen molar-refractivity contribution in [1.29, 1.82) is 0 Å². The normalized spacial score (nSPS) is 14.3. The van der Waals surface area contributed by atoms with Crippen molar-refractivity contribution in [3.63, 3.8) is 0 Å². The van der Waals surface area contributed by atoms with E-state index in [-0.39, 0.29) is 11.8 Å². The standard InChI is InChI=1S/C19H20N2O2/c1-23-14-8-9-16-15-4-2-3-5-17(15)21(18(16)12-14)11-10-20-19(22)13-6-7-13/h2-5,8-9,12-13H,6-7,10-11H2,1H3,(H,20,22). The summed E-state index contributed by atoms with van der Waals surface area (Å²) in [6, 6.07) is 14.6. The molecule has 0 radical (unpaired) electrons. The monoisotopic (exact) mass is 308 g/mol. The van der Waals surface area contributed by atoms with E-state index >= 15 is 0 Å². The second-order valence-electron chi connectivity index (χ2n) is 6.12. The summed E-state index contributed by atoms with van der Waals surface area (Å²) >= 11 is 0. The quantitative estimate of drug-likeness (QED) is 0.785. The van der Waals surface area contributed by atoms with Gasteiger partial charge in [0.05, 0.1) is 12.6 Å². The van der Waals surface area contributed by atoms with Crippen LogP contribution >= 0.6 is 0 Å². The van der Waals surface area contributed by atoms with Gasteiger partial charge in [0.2, 0.25) is 5.91 Å². The van der Waals surface area contributed by atoms with Crippen molar-refractivity contribution in [2.75, 3.05) is 13.7 Å². The molecule has 23 heavy (non-hydrogen) atoms. The molecular weight excluding hydrogens is 288 g/mol. The molecule has 0 aliphatic heterocycles. The molecule has 1 aliphatic carbocycles. The number of methoxy groups -OCH3 is 1. The summed E-state index contributed by atoms with van der Waals surface area (Å²) in [7, 11) is 1.68. The Morgan fingerprint density at radius 2 is 1.96 bits per heavy atom. The molecule has 4 heteroatoms. The van der Waals surface area contributed by atoms with Crippen LogP contribution in [0.4, 0.5) is 0 Å². The van der Waals surface area contributed by atoms with E-state index in [1.54, 1.807) is 7.11 Å². The maximum absolute atomic E-state index is 11.8. The molecular formula is C19H20N2O2. The Kier molecular flexibility index (Phi) is 3.45. The first kappa shape index (κ1) is 14.1. The van der Waals surface area contributed by atoms with Gasteiger partial charge in [-0.15, -0.1) is 0 Å². The summed E-state index contributed by atoms with van der Waals surface area (Å²) in [4.78, 5) is 11.8. The van der Waals surface area contributed by atoms with Gasteiger partial charge in [-0.05, 0) is 31.0 Å². The van der Waals surface area contributed by atoms with Crippen LogP contribution in [-0.2, 0) is 11.3 Å². The van der Waals surface area contributed by atoms with Gasteiger partial charge in [0.25, 0.3) is 0 Å². The molecule has 1 N–H and O–H groups in total. The number of aromatic nitrogens is 1. The maximum Gasteiger partial charge on any atom is 0.223 e. The fourth-order valence-corrected chi connectivity index (χ4v) is 3.18. The average molecular weight is 308 g/mol. The summed E-state index contributed by atoms with van der Waals surface area (Å²) in [5, 5.41) is 5.50. The Hall–Kier alpha value is -2.49. The number of hydrogen-bond donors (Lipinski definition) is 1. The molecule has 1 heterocycles. The highest BCUT2D eigenvalue weighted by Gasteiger charge is 2.29. The lowest BCUT2D eigenvalue weighted by Gasteiger charge is -2.09. The van der Waals surface area contributed by atoms with E-state index in [4.69, 9.17) is 4.74 Å². The van der Waals surface area contributed by atoms with Gasteiger partial charge in [-0.25, -0.2) is 0 Å². The van der Waals surface area contributed by atoms with E-state index in [1.165, 1.54) is 16.3 Å². The average Bonchev–Trinajstić information content (AvgIpc) is 3.39. The van der Waals surface area contributed by atoms with Crippen molar-refractivity contribution in [1.82, 2.24) is 9.88 Å². The zero-order valence-corrected chi connectivity index (χ0v) is 13.2. The van der Waals surface area contributed by atoms with Gasteiger partial charge >= 0.3 is 0 Å². The Labute approximate surface area is 135 Å². The fourth-order valence-electron chi connectivity index (χ4n) is 3.18. The first-order chi connectivity index (χ1) is 11.3. The molecule has 4 nitrogen and oxygen atoms in total. The van der Waals surface area contributed by atoms with Gasteiger partial charge in [0, 0.05) is 41.4 Å². The van der Waals surface area contributed by atoms with Crippen molar-refractivity contribution in [3.05, 3.63) is 42.5 Å². The van der Waals surface area contributed by atoms with Gasteiger partial charge in [-0.3, -0.25) is 4.79 Å². The van der Waals surface area contributed by atoms with Crippen LogP contribution < -0.4 is 10.1 Å². The lowest BCUT2D eigenvalue weighted by atomic mass is 10.1. The lowest BCUT2D eigenvalue weighted by Crippen LogP contribution is -2.28. The number of amides is 1. The smallest absolute Gasteiger partial charge is 0.223 e. The highest BCUT2D eigenvalue weighted by molar-refractivity contribution is 6.08. The van der Waals surface area contributed by atoms with E-state index in [0.29, 0.717) is 6.54 Å². The summed E-state index contributed by atoms with van der Waals surface area (Å²) in [5.41, 5.74) is 2.34. The number of carbonyl (C=O) groups is 1. The third-order valence-corrected chi connectivity index (χ3v) is 4.56. The number of ether oxygens (including phenoxy) is 1. The zero-order chi connectivity index (χ0) is 15.8. The van der Waals surface area contributed by atoms with E-state index in [9.17, 15) is 4.79 Å². The Balaban J connectivity index is 1.70. The molecule has 3 aromatic rings. The molecule has 0 atom stereocenters. The van der Waals surface area contributed by atoms with E-state index < -0.39 is 0 Å². The van der Waals surface area contributed by atoms with Crippen LogP contribution in [0.2, 0.25) is 0 Å². The number of fused-ring (bicyclic) bond motifs is 3. The number of carbonyl (C=O) groups excluding carboxylic acids is 1. The SMILES string of the molecule is COc1ccc2c3ccccc3n(CCNC(=O)C3CC3)c2c1. The molecule has 1 fully saturated rings. The Morgan fingerprint density at radius 3 is 2.74 bits per heavy atom. The molecule has 118 valence electrons. The van der Waals surface area contributed by atoms with Gasteiger partial charge in [0.15, 0.2) is 0 Å². The Morgan fingerprint density at radius 1 is 1.17 bits per heavy atom. The second kappa shape index (κ2) is 5.61. The van der Waals surface area contributed by atoms with E-state index in [1.807, 2.05) is 6.07 Å².